The molecule has 0 aromatic heterocycles. The van der Waals surface area contributed by atoms with Crippen molar-refractivity contribution in [3.63, 3.8) is 0 Å². The van der Waals surface area contributed by atoms with Crippen molar-refractivity contribution >= 4 is 27.2 Å². The minimum atomic E-state index is -3.03. The van der Waals surface area contributed by atoms with Crippen molar-refractivity contribution in [2.24, 2.45) is 5.92 Å². The number of sulfone groups is 1. The smallest absolute Gasteiger partial charge is 0.158 e. The van der Waals surface area contributed by atoms with Gasteiger partial charge in [0.25, 0.3) is 0 Å². The summed E-state index contributed by atoms with van der Waals surface area (Å²) in [6, 6.07) is 0. The molecule has 0 aliphatic carbocycles. The molecule has 1 aliphatic heterocycles. The van der Waals surface area contributed by atoms with Gasteiger partial charge in [-0.3, -0.25) is 4.79 Å². The number of rotatable bonds is 3. The van der Waals surface area contributed by atoms with Gasteiger partial charge in [0, 0.05) is 6.42 Å². The van der Waals surface area contributed by atoms with Gasteiger partial charge >= 0.3 is 0 Å². The number of hydrogen-bond acceptors (Lipinski definition) is 3. The SMILES string of the molecule is C=C(C)C(=O)CC1CS(=O)(=O)CC1Cl. The summed E-state index contributed by atoms with van der Waals surface area (Å²) in [5.74, 6) is -0.327. The monoisotopic (exact) mass is 236 g/mol. The molecule has 2 unspecified atom stereocenters. The molecule has 0 aromatic carbocycles. The largest absolute Gasteiger partial charge is 0.295 e. The standard InChI is InChI=1S/C9H13ClO3S/c1-6(2)9(11)3-7-4-14(12,13)5-8(7)10/h7-8H,1,3-5H2,2H3. The Hall–Kier alpha value is -0.350. The van der Waals surface area contributed by atoms with Gasteiger partial charge in [-0.05, 0) is 18.4 Å². The fourth-order valence-electron chi connectivity index (χ4n) is 1.48. The Bertz CT molecular complexity index is 358. The molecular weight excluding hydrogens is 224 g/mol. The van der Waals surface area contributed by atoms with Gasteiger partial charge in [0.05, 0.1) is 16.9 Å². The van der Waals surface area contributed by atoms with Crippen molar-refractivity contribution in [3.05, 3.63) is 12.2 Å². The van der Waals surface area contributed by atoms with Crippen LogP contribution in [0.5, 0.6) is 0 Å². The molecule has 1 aliphatic rings. The summed E-state index contributed by atoms with van der Waals surface area (Å²) < 4.78 is 22.4. The third-order valence-electron chi connectivity index (χ3n) is 2.32. The van der Waals surface area contributed by atoms with Gasteiger partial charge in [-0.1, -0.05) is 6.58 Å². The van der Waals surface area contributed by atoms with E-state index in [2.05, 4.69) is 6.58 Å². The van der Waals surface area contributed by atoms with E-state index in [4.69, 9.17) is 11.6 Å². The molecule has 14 heavy (non-hydrogen) atoms. The predicted molar refractivity (Wildman–Crippen MR) is 56.2 cm³/mol. The van der Waals surface area contributed by atoms with Crippen molar-refractivity contribution in [2.45, 2.75) is 18.7 Å². The topological polar surface area (TPSA) is 51.2 Å². The van der Waals surface area contributed by atoms with Gasteiger partial charge in [0.15, 0.2) is 15.6 Å². The van der Waals surface area contributed by atoms with E-state index in [9.17, 15) is 13.2 Å². The van der Waals surface area contributed by atoms with Gasteiger partial charge < -0.3 is 0 Å². The van der Waals surface area contributed by atoms with Crippen LogP contribution in [0.15, 0.2) is 12.2 Å². The van der Waals surface area contributed by atoms with Crippen molar-refractivity contribution in [2.75, 3.05) is 11.5 Å². The fraction of sp³-hybridized carbons (Fsp3) is 0.667. The highest BCUT2D eigenvalue weighted by Crippen LogP contribution is 2.27. The van der Waals surface area contributed by atoms with Gasteiger partial charge in [0.1, 0.15) is 0 Å². The zero-order chi connectivity index (χ0) is 10.9. The maximum atomic E-state index is 11.3. The lowest BCUT2D eigenvalue weighted by Gasteiger charge is -2.09. The number of carbonyl (C=O) groups is 1. The average Bonchev–Trinajstić information content (AvgIpc) is 2.24. The summed E-state index contributed by atoms with van der Waals surface area (Å²) in [6.45, 7) is 5.14. The lowest BCUT2D eigenvalue weighted by Crippen LogP contribution is -2.16. The van der Waals surface area contributed by atoms with Gasteiger partial charge in [-0.2, -0.15) is 0 Å². The van der Waals surface area contributed by atoms with Crippen molar-refractivity contribution in [3.8, 4) is 0 Å². The molecule has 0 radical (unpaired) electrons. The molecule has 0 bridgehead atoms. The Kier molecular flexibility index (Phi) is 3.37. The van der Waals surface area contributed by atoms with Crippen LogP contribution in [0, 0.1) is 5.92 Å². The highest BCUT2D eigenvalue weighted by Gasteiger charge is 2.37. The highest BCUT2D eigenvalue weighted by molar-refractivity contribution is 7.91. The van der Waals surface area contributed by atoms with Gasteiger partial charge in [-0.25, -0.2) is 8.42 Å². The molecule has 0 N–H and O–H groups in total. The average molecular weight is 237 g/mol. The minimum Gasteiger partial charge on any atom is -0.295 e. The second-order valence-electron chi connectivity index (χ2n) is 3.76. The van der Waals surface area contributed by atoms with E-state index in [1.807, 2.05) is 0 Å². The molecule has 80 valence electrons. The third-order valence-corrected chi connectivity index (χ3v) is 4.81. The zero-order valence-corrected chi connectivity index (χ0v) is 9.57. The first kappa shape index (κ1) is 11.7. The van der Waals surface area contributed by atoms with Crippen LogP contribution in [0.1, 0.15) is 13.3 Å². The normalized spacial score (nSPS) is 30.1. The minimum absolute atomic E-state index is 0.0112. The number of alkyl halides is 1. The van der Waals surface area contributed by atoms with Crippen LogP contribution in [-0.4, -0.2) is 31.1 Å². The quantitative estimate of drug-likeness (QED) is 0.546. The number of Topliss-reactive ketones (excluding diaryl/α,β-unsaturated/α-hetero) is 1. The van der Waals surface area contributed by atoms with Gasteiger partial charge in [0.2, 0.25) is 0 Å². The van der Waals surface area contributed by atoms with E-state index in [0.29, 0.717) is 5.57 Å². The molecule has 1 rings (SSSR count). The highest BCUT2D eigenvalue weighted by atomic mass is 35.5. The first-order valence-corrected chi connectivity index (χ1v) is 6.61. The first-order chi connectivity index (χ1) is 6.32. The number of allylic oxidation sites excluding steroid dienone is 1. The molecule has 3 nitrogen and oxygen atoms in total. The molecule has 0 aromatic rings. The van der Waals surface area contributed by atoms with E-state index in [0.717, 1.165) is 0 Å². The van der Waals surface area contributed by atoms with Crippen LogP contribution in [0.4, 0.5) is 0 Å². The molecule has 1 saturated heterocycles. The molecule has 1 heterocycles. The molecule has 2 atom stereocenters. The van der Waals surface area contributed by atoms with E-state index < -0.39 is 15.2 Å². The Labute approximate surface area is 89.1 Å². The number of ketones is 1. The zero-order valence-electron chi connectivity index (χ0n) is 7.99. The summed E-state index contributed by atoms with van der Waals surface area (Å²) in [5, 5.41) is -0.428. The first-order valence-electron chi connectivity index (χ1n) is 4.35. The van der Waals surface area contributed by atoms with Crippen LogP contribution in [0.2, 0.25) is 0 Å². The Balaban J connectivity index is 2.64. The Morgan fingerprint density at radius 3 is 2.43 bits per heavy atom. The molecule has 0 amide bonds. The van der Waals surface area contributed by atoms with Crippen LogP contribution >= 0.6 is 11.6 Å². The number of carbonyl (C=O) groups excluding carboxylic acids is 1. The fourth-order valence-corrected chi connectivity index (χ4v) is 4.23. The molecule has 0 saturated carbocycles. The van der Waals surface area contributed by atoms with Crippen LogP contribution in [0.3, 0.4) is 0 Å². The number of hydrogen-bond donors (Lipinski definition) is 0. The second-order valence-corrected chi connectivity index (χ2v) is 6.47. The molecule has 1 fully saturated rings. The maximum Gasteiger partial charge on any atom is 0.158 e. The van der Waals surface area contributed by atoms with Crippen molar-refractivity contribution in [1.29, 1.82) is 0 Å². The second kappa shape index (κ2) is 4.03. The van der Waals surface area contributed by atoms with E-state index >= 15 is 0 Å². The van der Waals surface area contributed by atoms with E-state index in [1.54, 1.807) is 6.92 Å². The molecule has 5 heteroatoms. The lowest BCUT2D eigenvalue weighted by atomic mass is 9.99. The number of halogens is 1. The Morgan fingerprint density at radius 1 is 1.50 bits per heavy atom. The van der Waals surface area contributed by atoms with Crippen molar-refractivity contribution in [1.82, 2.24) is 0 Å². The van der Waals surface area contributed by atoms with Crippen LogP contribution < -0.4 is 0 Å². The van der Waals surface area contributed by atoms with Crippen LogP contribution in [-0.2, 0) is 14.6 Å². The summed E-state index contributed by atoms with van der Waals surface area (Å²) in [7, 11) is -3.03. The molecule has 0 spiro atoms. The molecular formula is C9H13ClO3S. The summed E-state index contributed by atoms with van der Waals surface area (Å²) >= 11 is 5.85. The van der Waals surface area contributed by atoms with E-state index in [1.165, 1.54) is 0 Å². The predicted octanol–water partition coefficient (Wildman–Crippen LogP) is 1.17. The lowest BCUT2D eigenvalue weighted by molar-refractivity contribution is -0.116. The van der Waals surface area contributed by atoms with Crippen molar-refractivity contribution < 1.29 is 13.2 Å². The summed E-state index contributed by atoms with van der Waals surface area (Å²) in [6.07, 6.45) is 0.197. The van der Waals surface area contributed by atoms with E-state index in [-0.39, 0.29) is 29.6 Å². The summed E-state index contributed by atoms with van der Waals surface area (Å²) in [5.41, 5.74) is 0.457. The third kappa shape index (κ3) is 2.82. The maximum absolute atomic E-state index is 11.3. The van der Waals surface area contributed by atoms with Gasteiger partial charge in [-0.15, -0.1) is 11.6 Å². The van der Waals surface area contributed by atoms with Crippen LogP contribution in [0.25, 0.3) is 0 Å². The Morgan fingerprint density at radius 2 is 2.07 bits per heavy atom. The summed E-state index contributed by atoms with van der Waals surface area (Å²) in [4.78, 5) is 11.3.